The first-order valence-corrected chi connectivity index (χ1v) is 2.66. The average Bonchev–Trinajstić information content (AvgIpc) is 1.91. The molecule has 0 radical (unpaired) electrons. The van der Waals surface area contributed by atoms with Gasteiger partial charge in [0.2, 0.25) is 0 Å². The monoisotopic (exact) mass is 118 g/mol. The third kappa shape index (κ3) is 1.57. The van der Waals surface area contributed by atoms with E-state index in [9.17, 15) is 0 Å². The van der Waals surface area contributed by atoms with Gasteiger partial charge in [-0.15, -0.1) is 18.7 Å². The van der Waals surface area contributed by atoms with Crippen LogP contribution in [0.25, 0.3) is 5.53 Å². The van der Waals surface area contributed by atoms with Crippen LogP contribution in [0.15, 0.2) is 35.4 Å². The van der Waals surface area contributed by atoms with Crippen molar-refractivity contribution in [1.82, 2.24) is 0 Å². The van der Waals surface area contributed by atoms with Gasteiger partial charge in [-0.05, 0) is 0 Å². The Hall–Kier alpha value is -1.31. The van der Waals surface area contributed by atoms with Crippen LogP contribution in [0.1, 0.15) is 5.56 Å². The molecule has 0 saturated carbocycles. The molecule has 0 bridgehead atoms. The average molecular weight is 118 g/mol. The summed E-state index contributed by atoms with van der Waals surface area (Å²) in [6.45, 7) is 1.39. The van der Waals surface area contributed by atoms with E-state index in [1.807, 2.05) is 30.3 Å². The third-order valence-electron chi connectivity index (χ3n) is 1.01. The second-order valence-corrected chi connectivity index (χ2v) is 1.66. The van der Waals surface area contributed by atoms with Gasteiger partial charge in [-0.25, -0.2) is 0 Å². The van der Waals surface area contributed by atoms with Crippen LogP contribution in [0, 0.1) is 6.54 Å². The fourth-order valence-corrected chi connectivity index (χ4v) is 0.606. The van der Waals surface area contributed by atoms with Gasteiger partial charge in [0.25, 0.3) is 0 Å². The van der Waals surface area contributed by atoms with E-state index in [1.165, 1.54) is 6.54 Å². The molecule has 2 heteroatoms. The summed E-state index contributed by atoms with van der Waals surface area (Å²) >= 11 is 0. The molecule has 1 aromatic carbocycles. The summed E-state index contributed by atoms with van der Waals surface area (Å²) in [4.78, 5) is 0. The van der Waals surface area contributed by atoms with Gasteiger partial charge < -0.3 is 10.6 Å². The van der Waals surface area contributed by atoms with E-state index >= 15 is 0 Å². The van der Waals surface area contributed by atoms with Crippen LogP contribution in [0.2, 0.25) is 0 Å². The largest absolute Gasteiger partial charge is 0.721 e. The predicted molar refractivity (Wildman–Crippen MR) is 35.6 cm³/mol. The molecule has 0 amide bonds. The highest BCUT2D eigenvalue weighted by Crippen LogP contribution is 2.00. The standard InChI is InChI=1S/C7H6N2/c8-9-6-7-4-2-1-3-5-7/h1-6H/q-2. The molecule has 2 nitrogen and oxygen atoms in total. The van der Waals surface area contributed by atoms with E-state index in [1.54, 1.807) is 0 Å². The molecule has 0 heterocycles. The minimum atomic E-state index is 0.903. The molecule has 0 spiro atoms. The zero-order chi connectivity index (χ0) is 6.53. The Balaban J connectivity index is 2.72. The van der Waals surface area contributed by atoms with Crippen molar-refractivity contribution >= 4 is 0 Å². The van der Waals surface area contributed by atoms with Gasteiger partial charge in [0.1, 0.15) is 0 Å². The van der Waals surface area contributed by atoms with Crippen molar-refractivity contribution in [3.05, 3.63) is 48.0 Å². The van der Waals surface area contributed by atoms with Gasteiger partial charge in [-0.3, -0.25) is 0 Å². The van der Waals surface area contributed by atoms with E-state index in [0.717, 1.165) is 5.56 Å². The number of rotatable bonds is 2. The molecule has 0 fully saturated rings. The van der Waals surface area contributed by atoms with Crippen molar-refractivity contribution in [3.63, 3.8) is 0 Å². The maximum absolute atomic E-state index is 8.09. The lowest BCUT2D eigenvalue weighted by atomic mass is 10.2. The zero-order valence-corrected chi connectivity index (χ0v) is 4.86. The zero-order valence-electron chi connectivity index (χ0n) is 4.86. The quantitative estimate of drug-likeness (QED) is 0.421. The number of hydrogen-bond acceptors (Lipinski definition) is 1. The molecule has 0 atom stereocenters. The van der Waals surface area contributed by atoms with Gasteiger partial charge >= 0.3 is 0 Å². The molecule has 1 rings (SSSR count). The lowest BCUT2D eigenvalue weighted by molar-refractivity contribution is 1.32. The molecule has 0 N–H and O–H groups in total. The summed E-state index contributed by atoms with van der Waals surface area (Å²) in [5.41, 5.74) is 8.99. The normalized spacial score (nSPS) is 8.44. The van der Waals surface area contributed by atoms with Crippen LogP contribution in [0.5, 0.6) is 0 Å². The molecular formula is C7H6N2-2. The lowest BCUT2D eigenvalue weighted by Crippen LogP contribution is -1.72. The Morgan fingerprint density at radius 1 is 1.22 bits per heavy atom. The molecule has 0 aromatic heterocycles. The number of benzene rings is 1. The van der Waals surface area contributed by atoms with Crippen molar-refractivity contribution < 1.29 is 0 Å². The van der Waals surface area contributed by atoms with Crippen molar-refractivity contribution in [2.24, 2.45) is 5.11 Å². The SMILES string of the molecule is [N-]=N[CH-]c1ccccc1. The maximum atomic E-state index is 8.09. The molecule has 0 unspecified atom stereocenters. The summed E-state index contributed by atoms with van der Waals surface area (Å²) in [7, 11) is 0. The molecule has 0 aliphatic carbocycles. The summed E-state index contributed by atoms with van der Waals surface area (Å²) < 4.78 is 0. The predicted octanol–water partition coefficient (Wildman–Crippen LogP) is 2.22. The van der Waals surface area contributed by atoms with Crippen LogP contribution < -0.4 is 0 Å². The first-order chi connectivity index (χ1) is 4.43. The molecule has 0 aliphatic heterocycles. The Morgan fingerprint density at radius 3 is 2.44 bits per heavy atom. The fourth-order valence-electron chi connectivity index (χ4n) is 0.606. The second kappa shape index (κ2) is 2.87. The van der Waals surface area contributed by atoms with Gasteiger partial charge in [0, 0.05) is 0 Å². The smallest absolute Gasteiger partial charge is 0.0866 e. The van der Waals surface area contributed by atoms with Crippen molar-refractivity contribution in [1.29, 1.82) is 0 Å². The minimum absolute atomic E-state index is 0.903. The highest BCUT2D eigenvalue weighted by Gasteiger charge is 1.70. The highest BCUT2D eigenvalue weighted by molar-refractivity contribution is 5.21. The lowest BCUT2D eigenvalue weighted by Gasteiger charge is -2.05. The van der Waals surface area contributed by atoms with E-state index in [-0.39, 0.29) is 0 Å². The van der Waals surface area contributed by atoms with E-state index in [0.29, 0.717) is 0 Å². The molecule has 1 aromatic rings. The van der Waals surface area contributed by atoms with Crippen molar-refractivity contribution in [3.8, 4) is 0 Å². The Kier molecular flexibility index (Phi) is 1.85. The molecular weight excluding hydrogens is 112 g/mol. The molecule has 9 heavy (non-hydrogen) atoms. The topological polar surface area (TPSA) is 34.7 Å². The van der Waals surface area contributed by atoms with Gasteiger partial charge in [0.05, 0.1) is 0 Å². The minimum Gasteiger partial charge on any atom is -0.721 e. The molecule has 0 aliphatic rings. The Labute approximate surface area is 54.0 Å². The van der Waals surface area contributed by atoms with E-state index < -0.39 is 0 Å². The maximum Gasteiger partial charge on any atom is -0.0866 e. The third-order valence-corrected chi connectivity index (χ3v) is 1.01. The summed E-state index contributed by atoms with van der Waals surface area (Å²) in [6, 6.07) is 9.40. The number of nitrogens with zero attached hydrogens (tertiary/aromatic N) is 2. The summed E-state index contributed by atoms with van der Waals surface area (Å²) in [5.74, 6) is 0. The van der Waals surface area contributed by atoms with Gasteiger partial charge in [-0.1, -0.05) is 6.07 Å². The van der Waals surface area contributed by atoms with Crippen molar-refractivity contribution in [2.75, 3.05) is 0 Å². The van der Waals surface area contributed by atoms with Gasteiger partial charge in [0.15, 0.2) is 0 Å². The molecule has 0 saturated heterocycles. The van der Waals surface area contributed by atoms with Crippen LogP contribution >= 0.6 is 0 Å². The Morgan fingerprint density at radius 2 is 1.89 bits per heavy atom. The first-order valence-electron chi connectivity index (χ1n) is 2.66. The van der Waals surface area contributed by atoms with Gasteiger partial charge in [-0.2, -0.15) is 17.7 Å². The summed E-state index contributed by atoms with van der Waals surface area (Å²) in [5, 5.41) is 2.88. The second-order valence-electron chi connectivity index (χ2n) is 1.66. The summed E-state index contributed by atoms with van der Waals surface area (Å²) in [6.07, 6.45) is 0. The molecule has 46 valence electrons. The first kappa shape index (κ1) is 5.82. The fraction of sp³-hybridized carbons (Fsp3) is 0. The van der Waals surface area contributed by atoms with Crippen LogP contribution in [0.3, 0.4) is 0 Å². The highest BCUT2D eigenvalue weighted by atomic mass is 14.9. The van der Waals surface area contributed by atoms with Crippen molar-refractivity contribution in [2.45, 2.75) is 0 Å². The van der Waals surface area contributed by atoms with Crippen LogP contribution in [0.4, 0.5) is 0 Å². The Bertz CT molecular complexity index is 181. The van der Waals surface area contributed by atoms with E-state index in [4.69, 9.17) is 5.53 Å². The van der Waals surface area contributed by atoms with Crippen LogP contribution in [-0.2, 0) is 0 Å². The number of hydrogen-bond donors (Lipinski definition) is 0. The van der Waals surface area contributed by atoms with E-state index in [2.05, 4.69) is 5.11 Å². The van der Waals surface area contributed by atoms with Crippen LogP contribution in [-0.4, -0.2) is 0 Å².